The average Bonchev–Trinajstić information content (AvgIpc) is 2.49. The Balaban J connectivity index is 2.44. The van der Waals surface area contributed by atoms with Gasteiger partial charge in [0, 0.05) is 6.54 Å². The standard InChI is InChI=1S/C10H19N3O/c1-10(2,3)8-14-9-6-12-13(7-9)5-4-11/h6-7H,4-5,8,11H2,1-3H3. The lowest BCUT2D eigenvalue weighted by molar-refractivity contribution is 0.197. The van der Waals surface area contributed by atoms with E-state index in [0.29, 0.717) is 13.2 Å². The lowest BCUT2D eigenvalue weighted by Gasteiger charge is -2.17. The van der Waals surface area contributed by atoms with Gasteiger partial charge in [-0.15, -0.1) is 0 Å². The molecule has 1 heterocycles. The Morgan fingerprint density at radius 1 is 1.50 bits per heavy atom. The van der Waals surface area contributed by atoms with Crippen molar-refractivity contribution >= 4 is 0 Å². The molecule has 0 unspecified atom stereocenters. The number of nitrogens with two attached hydrogens (primary N) is 1. The minimum absolute atomic E-state index is 0.177. The third-order valence-corrected chi connectivity index (χ3v) is 1.64. The Bertz CT molecular complexity index is 275. The van der Waals surface area contributed by atoms with Crippen LogP contribution in [0.2, 0.25) is 0 Å². The van der Waals surface area contributed by atoms with Gasteiger partial charge in [-0.25, -0.2) is 0 Å². The van der Waals surface area contributed by atoms with E-state index < -0.39 is 0 Å². The van der Waals surface area contributed by atoms with Crippen LogP contribution >= 0.6 is 0 Å². The summed E-state index contributed by atoms with van der Waals surface area (Å²) < 4.78 is 7.36. The lowest BCUT2D eigenvalue weighted by atomic mass is 9.99. The minimum Gasteiger partial charge on any atom is -0.490 e. The van der Waals surface area contributed by atoms with E-state index in [4.69, 9.17) is 10.5 Å². The van der Waals surface area contributed by atoms with Crippen molar-refractivity contribution in [2.45, 2.75) is 27.3 Å². The van der Waals surface area contributed by atoms with Gasteiger partial charge in [0.05, 0.1) is 25.5 Å². The Morgan fingerprint density at radius 2 is 2.21 bits per heavy atom. The van der Waals surface area contributed by atoms with Gasteiger partial charge in [-0.1, -0.05) is 20.8 Å². The Kier molecular flexibility index (Phi) is 3.52. The monoisotopic (exact) mass is 197 g/mol. The number of ether oxygens (including phenoxy) is 1. The van der Waals surface area contributed by atoms with Gasteiger partial charge >= 0.3 is 0 Å². The second-order valence-corrected chi connectivity index (χ2v) is 4.58. The van der Waals surface area contributed by atoms with Gasteiger partial charge in [0.25, 0.3) is 0 Å². The quantitative estimate of drug-likeness (QED) is 0.790. The predicted octanol–water partition coefficient (Wildman–Crippen LogP) is 1.27. The molecule has 0 radical (unpaired) electrons. The van der Waals surface area contributed by atoms with Crippen LogP contribution in [0.3, 0.4) is 0 Å². The molecule has 0 fully saturated rings. The first kappa shape index (κ1) is 11.0. The number of hydrogen-bond donors (Lipinski definition) is 1. The van der Waals surface area contributed by atoms with Gasteiger partial charge in [-0.3, -0.25) is 4.68 Å². The maximum atomic E-state index is 5.57. The van der Waals surface area contributed by atoms with Gasteiger partial charge < -0.3 is 10.5 Å². The minimum atomic E-state index is 0.177. The van der Waals surface area contributed by atoms with Gasteiger partial charge in [-0.05, 0) is 5.41 Å². The molecule has 80 valence electrons. The lowest BCUT2D eigenvalue weighted by Crippen LogP contribution is -2.16. The van der Waals surface area contributed by atoms with Crippen LogP contribution < -0.4 is 10.5 Å². The largest absolute Gasteiger partial charge is 0.490 e. The third-order valence-electron chi connectivity index (χ3n) is 1.64. The number of nitrogens with zero attached hydrogens (tertiary/aromatic N) is 2. The van der Waals surface area contributed by atoms with Crippen LogP contribution in [0.15, 0.2) is 12.4 Å². The fourth-order valence-electron chi connectivity index (χ4n) is 0.974. The first-order valence-corrected chi connectivity index (χ1v) is 4.86. The molecule has 0 aliphatic carbocycles. The molecule has 1 rings (SSSR count). The number of hydrogen-bond acceptors (Lipinski definition) is 3. The van der Waals surface area contributed by atoms with Crippen LogP contribution in [0.5, 0.6) is 5.75 Å². The van der Waals surface area contributed by atoms with Crippen molar-refractivity contribution in [2.24, 2.45) is 11.1 Å². The number of aromatic nitrogens is 2. The van der Waals surface area contributed by atoms with E-state index >= 15 is 0 Å². The topological polar surface area (TPSA) is 53.1 Å². The van der Waals surface area contributed by atoms with E-state index in [1.807, 2.05) is 6.20 Å². The summed E-state index contributed by atoms with van der Waals surface area (Å²) in [6.07, 6.45) is 3.60. The molecular weight excluding hydrogens is 178 g/mol. The molecule has 14 heavy (non-hydrogen) atoms. The second-order valence-electron chi connectivity index (χ2n) is 4.58. The van der Waals surface area contributed by atoms with E-state index in [1.165, 1.54) is 0 Å². The molecule has 0 aliphatic rings. The van der Waals surface area contributed by atoms with Crippen LogP contribution in [-0.2, 0) is 6.54 Å². The van der Waals surface area contributed by atoms with Gasteiger partial charge in [-0.2, -0.15) is 5.10 Å². The Hall–Kier alpha value is -1.03. The molecule has 4 nitrogen and oxygen atoms in total. The molecule has 0 amide bonds. The van der Waals surface area contributed by atoms with Crippen molar-refractivity contribution in [1.29, 1.82) is 0 Å². The fraction of sp³-hybridized carbons (Fsp3) is 0.700. The Morgan fingerprint density at radius 3 is 2.79 bits per heavy atom. The highest BCUT2D eigenvalue weighted by Crippen LogP contribution is 2.16. The molecule has 0 atom stereocenters. The normalized spacial score (nSPS) is 11.7. The van der Waals surface area contributed by atoms with E-state index in [0.717, 1.165) is 12.3 Å². The highest BCUT2D eigenvalue weighted by atomic mass is 16.5. The summed E-state index contributed by atoms with van der Waals surface area (Å²) in [6, 6.07) is 0. The zero-order chi connectivity index (χ0) is 10.6. The highest BCUT2D eigenvalue weighted by Gasteiger charge is 2.11. The molecule has 0 saturated heterocycles. The van der Waals surface area contributed by atoms with E-state index in [9.17, 15) is 0 Å². The maximum Gasteiger partial charge on any atom is 0.157 e. The van der Waals surface area contributed by atoms with Gasteiger partial charge in [0.1, 0.15) is 0 Å². The molecule has 0 aliphatic heterocycles. The van der Waals surface area contributed by atoms with Crippen molar-refractivity contribution in [3.8, 4) is 5.75 Å². The van der Waals surface area contributed by atoms with Crippen molar-refractivity contribution in [3.63, 3.8) is 0 Å². The summed E-state index contributed by atoms with van der Waals surface area (Å²) in [4.78, 5) is 0. The first-order valence-electron chi connectivity index (χ1n) is 4.86. The van der Waals surface area contributed by atoms with Crippen LogP contribution in [0.4, 0.5) is 0 Å². The maximum absolute atomic E-state index is 5.57. The van der Waals surface area contributed by atoms with Crippen molar-refractivity contribution in [2.75, 3.05) is 13.2 Å². The molecule has 0 bridgehead atoms. The van der Waals surface area contributed by atoms with E-state index in [2.05, 4.69) is 25.9 Å². The average molecular weight is 197 g/mol. The van der Waals surface area contributed by atoms with Crippen LogP contribution in [-0.4, -0.2) is 22.9 Å². The molecule has 4 heteroatoms. The Labute approximate surface area is 85.0 Å². The van der Waals surface area contributed by atoms with Crippen LogP contribution in [0.1, 0.15) is 20.8 Å². The molecular formula is C10H19N3O. The van der Waals surface area contributed by atoms with Crippen molar-refractivity contribution in [1.82, 2.24) is 9.78 Å². The van der Waals surface area contributed by atoms with Gasteiger partial charge in [0.2, 0.25) is 0 Å². The fourth-order valence-corrected chi connectivity index (χ4v) is 0.974. The molecule has 1 aromatic rings. The SMILES string of the molecule is CC(C)(C)COc1cnn(CCN)c1. The van der Waals surface area contributed by atoms with Gasteiger partial charge in [0.15, 0.2) is 5.75 Å². The zero-order valence-electron chi connectivity index (χ0n) is 9.16. The first-order chi connectivity index (χ1) is 6.51. The predicted molar refractivity (Wildman–Crippen MR) is 56.2 cm³/mol. The third kappa shape index (κ3) is 3.79. The summed E-state index contributed by atoms with van der Waals surface area (Å²) >= 11 is 0. The van der Waals surface area contributed by atoms with E-state index in [1.54, 1.807) is 10.9 Å². The summed E-state index contributed by atoms with van der Waals surface area (Å²) in [5.74, 6) is 0.813. The smallest absolute Gasteiger partial charge is 0.157 e. The molecule has 0 aromatic carbocycles. The second kappa shape index (κ2) is 4.46. The molecule has 0 spiro atoms. The zero-order valence-corrected chi connectivity index (χ0v) is 9.16. The number of rotatable bonds is 4. The van der Waals surface area contributed by atoms with E-state index in [-0.39, 0.29) is 5.41 Å². The molecule has 2 N–H and O–H groups in total. The van der Waals surface area contributed by atoms with Crippen molar-refractivity contribution in [3.05, 3.63) is 12.4 Å². The summed E-state index contributed by atoms with van der Waals surface area (Å²) in [6.45, 7) is 8.44. The summed E-state index contributed by atoms with van der Waals surface area (Å²) in [5, 5.41) is 4.12. The van der Waals surface area contributed by atoms with Crippen molar-refractivity contribution < 1.29 is 4.74 Å². The summed E-state index contributed by atoms with van der Waals surface area (Å²) in [7, 11) is 0. The van der Waals surface area contributed by atoms with Crippen LogP contribution in [0, 0.1) is 5.41 Å². The summed E-state index contributed by atoms with van der Waals surface area (Å²) in [5.41, 5.74) is 5.59. The molecule has 1 aromatic heterocycles. The highest BCUT2D eigenvalue weighted by molar-refractivity contribution is 5.11. The molecule has 0 saturated carbocycles. The van der Waals surface area contributed by atoms with Crippen LogP contribution in [0.25, 0.3) is 0 Å².